The fourth-order valence-corrected chi connectivity index (χ4v) is 4.18. The summed E-state index contributed by atoms with van der Waals surface area (Å²) in [7, 11) is 3.53. The third kappa shape index (κ3) is 6.08. The molecule has 1 amide bonds. The third-order valence-electron chi connectivity index (χ3n) is 6.06. The minimum Gasteiger partial charge on any atom is -0.483 e. The minimum absolute atomic E-state index is 0.0385. The van der Waals surface area contributed by atoms with Gasteiger partial charge in [-0.25, -0.2) is 19.3 Å². The zero-order valence-corrected chi connectivity index (χ0v) is 21.4. The summed E-state index contributed by atoms with van der Waals surface area (Å²) in [5, 5.41) is 12.8. The minimum atomic E-state index is -0.806. The number of amides is 1. The lowest BCUT2D eigenvalue weighted by Crippen LogP contribution is -2.35. The molecule has 0 saturated carbocycles. The number of aromatic nitrogens is 5. The van der Waals surface area contributed by atoms with E-state index in [4.69, 9.17) is 20.4 Å². The average molecular weight is 538 g/mol. The number of nitrogens with one attached hydrogen (secondary N) is 2. The lowest BCUT2D eigenvalue weighted by molar-refractivity contribution is -0.122. The highest BCUT2D eigenvalue weighted by Gasteiger charge is 2.22. The molecule has 14 heteroatoms. The SMILES string of the molecule is CNc1nc(Nc2ccc(CN3CCOCC3)cc2F)c(C(N)=O)nc1-c1cncc2c1ncn2C.O=CO. The number of pyridine rings is 1. The summed E-state index contributed by atoms with van der Waals surface area (Å²) in [5.74, 6) is -0.890. The van der Waals surface area contributed by atoms with Crippen LogP contribution in [0.5, 0.6) is 0 Å². The van der Waals surface area contributed by atoms with E-state index in [2.05, 4.69) is 35.5 Å². The van der Waals surface area contributed by atoms with Crippen LogP contribution in [-0.2, 0) is 23.1 Å². The van der Waals surface area contributed by atoms with Gasteiger partial charge in [-0.05, 0) is 17.7 Å². The molecule has 1 saturated heterocycles. The standard InChI is InChI=1S/C24H26FN9O2.CH2O2/c1-27-23-20(15-10-28-11-18-19(15)29-13-33(18)2)31-21(22(26)35)24(32-23)30-17-4-3-14(9-16(17)25)12-34-5-7-36-8-6-34;2-1-3/h3-4,9-11,13H,5-8,12H2,1-2H3,(H2,26,35)(H2,27,30,32);1H,(H,2,3). The first-order chi connectivity index (χ1) is 18.9. The van der Waals surface area contributed by atoms with E-state index in [0.717, 1.165) is 24.2 Å². The number of halogens is 1. The van der Waals surface area contributed by atoms with Crippen molar-refractivity contribution in [3.05, 3.63) is 54.0 Å². The number of morpholine rings is 1. The molecule has 1 aliphatic rings. The number of carboxylic acid groups (broad SMARTS) is 1. The molecule has 4 aromatic rings. The molecule has 13 nitrogen and oxygen atoms in total. The van der Waals surface area contributed by atoms with Crippen molar-refractivity contribution in [1.82, 2.24) is 29.4 Å². The highest BCUT2D eigenvalue weighted by atomic mass is 19.1. The lowest BCUT2D eigenvalue weighted by Gasteiger charge is -2.26. The molecule has 3 aromatic heterocycles. The molecular formula is C25H28FN9O4. The second-order valence-electron chi connectivity index (χ2n) is 8.58. The van der Waals surface area contributed by atoms with Gasteiger partial charge in [0.2, 0.25) is 0 Å². The predicted molar refractivity (Wildman–Crippen MR) is 142 cm³/mol. The molecule has 0 aliphatic carbocycles. The van der Waals surface area contributed by atoms with Crippen LogP contribution in [0.3, 0.4) is 0 Å². The van der Waals surface area contributed by atoms with E-state index in [9.17, 15) is 4.79 Å². The van der Waals surface area contributed by atoms with Gasteiger partial charge in [-0.2, -0.15) is 0 Å². The Bertz CT molecular complexity index is 1490. The van der Waals surface area contributed by atoms with Gasteiger partial charge in [0.15, 0.2) is 17.3 Å². The number of anilines is 3. The molecule has 204 valence electrons. The zero-order chi connectivity index (χ0) is 27.9. The first-order valence-electron chi connectivity index (χ1n) is 11.9. The Labute approximate surface area is 222 Å². The molecule has 5 N–H and O–H groups in total. The van der Waals surface area contributed by atoms with Gasteiger partial charge in [-0.1, -0.05) is 6.07 Å². The third-order valence-corrected chi connectivity index (χ3v) is 6.06. The number of imidazole rings is 1. The van der Waals surface area contributed by atoms with Crippen molar-refractivity contribution < 1.29 is 23.8 Å². The van der Waals surface area contributed by atoms with Crippen LogP contribution in [0.1, 0.15) is 16.1 Å². The average Bonchev–Trinajstić information content (AvgIpc) is 3.31. The van der Waals surface area contributed by atoms with Crippen molar-refractivity contribution in [1.29, 1.82) is 0 Å². The number of carbonyl (C=O) groups is 2. The number of ether oxygens (including phenoxy) is 1. The maximum absolute atomic E-state index is 15.0. The van der Waals surface area contributed by atoms with Crippen molar-refractivity contribution in [2.45, 2.75) is 6.54 Å². The Morgan fingerprint density at radius 3 is 2.64 bits per heavy atom. The van der Waals surface area contributed by atoms with Crippen molar-refractivity contribution in [3.63, 3.8) is 0 Å². The van der Waals surface area contributed by atoms with E-state index >= 15 is 4.39 Å². The molecule has 1 aromatic carbocycles. The van der Waals surface area contributed by atoms with Crippen molar-refractivity contribution >= 4 is 40.7 Å². The highest BCUT2D eigenvalue weighted by Crippen LogP contribution is 2.32. The summed E-state index contributed by atoms with van der Waals surface area (Å²) >= 11 is 0. The summed E-state index contributed by atoms with van der Waals surface area (Å²) in [6.45, 7) is 3.33. The molecule has 4 heterocycles. The van der Waals surface area contributed by atoms with Gasteiger partial charge < -0.3 is 30.8 Å². The van der Waals surface area contributed by atoms with E-state index in [1.807, 2.05) is 17.7 Å². The normalized spacial score (nSPS) is 13.4. The van der Waals surface area contributed by atoms with E-state index < -0.39 is 11.7 Å². The largest absolute Gasteiger partial charge is 0.483 e. The summed E-state index contributed by atoms with van der Waals surface area (Å²) in [4.78, 5) is 40.6. The van der Waals surface area contributed by atoms with Crippen LogP contribution in [0.4, 0.5) is 21.7 Å². The molecule has 39 heavy (non-hydrogen) atoms. The number of hydrogen-bond donors (Lipinski definition) is 4. The van der Waals surface area contributed by atoms with E-state index in [0.29, 0.717) is 42.4 Å². The summed E-state index contributed by atoms with van der Waals surface area (Å²) < 4.78 is 22.2. The monoisotopic (exact) mass is 537 g/mol. The Hall–Kier alpha value is -4.69. The molecule has 1 aliphatic heterocycles. The van der Waals surface area contributed by atoms with Gasteiger partial charge in [0.05, 0.1) is 42.5 Å². The Morgan fingerprint density at radius 2 is 1.97 bits per heavy atom. The van der Waals surface area contributed by atoms with E-state index in [1.165, 1.54) is 6.07 Å². The van der Waals surface area contributed by atoms with Crippen LogP contribution in [0.2, 0.25) is 0 Å². The molecule has 0 spiro atoms. The number of nitrogens with zero attached hydrogens (tertiary/aromatic N) is 6. The zero-order valence-electron chi connectivity index (χ0n) is 21.4. The number of rotatable bonds is 7. The van der Waals surface area contributed by atoms with Gasteiger partial charge in [-0.3, -0.25) is 19.5 Å². The number of fused-ring (bicyclic) bond motifs is 1. The van der Waals surface area contributed by atoms with Crippen LogP contribution in [0.25, 0.3) is 22.3 Å². The van der Waals surface area contributed by atoms with Crippen LogP contribution < -0.4 is 16.4 Å². The first-order valence-corrected chi connectivity index (χ1v) is 11.9. The Balaban J connectivity index is 0.00000112. The maximum Gasteiger partial charge on any atom is 0.290 e. The Morgan fingerprint density at radius 1 is 1.23 bits per heavy atom. The maximum atomic E-state index is 15.0. The van der Waals surface area contributed by atoms with Crippen LogP contribution >= 0.6 is 0 Å². The smallest absolute Gasteiger partial charge is 0.290 e. The lowest BCUT2D eigenvalue weighted by atomic mass is 10.1. The number of carbonyl (C=O) groups excluding carboxylic acids is 1. The second kappa shape index (κ2) is 12.2. The van der Waals surface area contributed by atoms with Crippen LogP contribution in [0.15, 0.2) is 36.9 Å². The molecule has 0 bridgehead atoms. The van der Waals surface area contributed by atoms with Gasteiger partial charge in [0, 0.05) is 39.9 Å². The highest BCUT2D eigenvalue weighted by molar-refractivity contribution is 5.99. The van der Waals surface area contributed by atoms with Crippen molar-refractivity contribution in [3.8, 4) is 11.3 Å². The number of nitrogens with two attached hydrogens (primary N) is 1. The van der Waals surface area contributed by atoms with Crippen LogP contribution in [0, 0.1) is 5.82 Å². The van der Waals surface area contributed by atoms with Gasteiger partial charge >= 0.3 is 0 Å². The summed E-state index contributed by atoms with van der Waals surface area (Å²) in [5.41, 5.74) is 8.88. The van der Waals surface area contributed by atoms with E-state index in [-0.39, 0.29) is 23.7 Å². The molecule has 1 fully saturated rings. The molecule has 0 atom stereocenters. The number of primary amides is 1. The van der Waals surface area contributed by atoms with Crippen LogP contribution in [-0.4, -0.2) is 80.2 Å². The molecule has 0 radical (unpaired) electrons. The van der Waals surface area contributed by atoms with Crippen molar-refractivity contribution in [2.75, 3.05) is 44.0 Å². The first kappa shape index (κ1) is 27.3. The summed E-state index contributed by atoms with van der Waals surface area (Å²) in [6, 6.07) is 4.91. The van der Waals surface area contributed by atoms with Gasteiger partial charge in [0.25, 0.3) is 12.4 Å². The fourth-order valence-electron chi connectivity index (χ4n) is 4.18. The molecular weight excluding hydrogens is 509 g/mol. The number of hydrogen-bond acceptors (Lipinski definition) is 10. The van der Waals surface area contributed by atoms with Crippen molar-refractivity contribution in [2.24, 2.45) is 12.8 Å². The fraction of sp³-hybridized carbons (Fsp3) is 0.280. The number of benzene rings is 1. The second-order valence-corrected chi connectivity index (χ2v) is 8.58. The van der Waals surface area contributed by atoms with Gasteiger partial charge in [0.1, 0.15) is 17.0 Å². The summed E-state index contributed by atoms with van der Waals surface area (Å²) in [6.07, 6.45) is 4.96. The molecule has 0 unspecified atom stereocenters. The predicted octanol–water partition coefficient (Wildman–Crippen LogP) is 1.98. The quantitative estimate of drug-likeness (QED) is 0.254. The topological polar surface area (TPSA) is 173 Å². The van der Waals surface area contributed by atoms with Gasteiger partial charge in [-0.15, -0.1) is 0 Å². The van der Waals surface area contributed by atoms with E-state index in [1.54, 1.807) is 31.8 Å². The Kier molecular flexibility index (Phi) is 8.58. The number of aryl methyl sites for hydroxylation is 1. The molecule has 5 rings (SSSR count).